The van der Waals surface area contributed by atoms with Crippen LogP contribution in [0.2, 0.25) is 0 Å². The summed E-state index contributed by atoms with van der Waals surface area (Å²) in [5.41, 5.74) is 2.54. The first-order valence-electron chi connectivity index (χ1n) is 5.10. The number of hydrogen-bond acceptors (Lipinski definition) is 0. The van der Waals surface area contributed by atoms with Gasteiger partial charge < -0.3 is 4.74 Å². The fraction of sp³-hybridized carbons (Fsp3) is 0.143. The molecule has 1 N–H and O–H groups in total. The highest BCUT2D eigenvalue weighted by atomic mass is 16.5. The smallest absolute Gasteiger partial charge is 0.263 e. The Bertz CT molecular complexity index is 446. The molecule has 2 aromatic rings. The molecule has 0 saturated carbocycles. The number of aryl methyl sites for hydroxylation is 1. The summed E-state index contributed by atoms with van der Waals surface area (Å²) in [4.78, 5) is 0. The zero-order valence-corrected chi connectivity index (χ0v) is 9.07. The van der Waals surface area contributed by atoms with E-state index in [1.807, 2.05) is 36.4 Å². The van der Waals surface area contributed by atoms with Gasteiger partial charge in [0.05, 0.1) is 0 Å². The Morgan fingerprint density at radius 1 is 0.800 bits per heavy atom. The topological polar surface area (TPSA) is 12.8 Å². The Morgan fingerprint density at radius 2 is 1.53 bits per heavy atom. The van der Waals surface area contributed by atoms with Crippen LogP contribution < -0.4 is 0 Å². The number of hydrogen-bond donors (Lipinski definition) is 0. The minimum atomic E-state index is 1.01. The van der Waals surface area contributed by atoms with Crippen molar-refractivity contribution in [1.29, 1.82) is 0 Å². The summed E-state index contributed by atoms with van der Waals surface area (Å²) >= 11 is 0. The minimum absolute atomic E-state index is 1.01. The van der Waals surface area contributed by atoms with Gasteiger partial charge in [-0.15, -0.1) is 0 Å². The molecule has 0 spiro atoms. The van der Waals surface area contributed by atoms with E-state index in [-0.39, 0.29) is 0 Å². The number of benzene rings is 2. The van der Waals surface area contributed by atoms with Crippen LogP contribution in [0.5, 0.6) is 11.5 Å². The van der Waals surface area contributed by atoms with Gasteiger partial charge in [0.2, 0.25) is 0 Å². The van der Waals surface area contributed by atoms with E-state index in [1.165, 1.54) is 11.1 Å². The monoisotopic (exact) mass is 199 g/mol. The van der Waals surface area contributed by atoms with E-state index in [2.05, 4.69) is 30.7 Å². The first kappa shape index (κ1) is 9.78. The zero-order valence-electron chi connectivity index (χ0n) is 9.07. The van der Waals surface area contributed by atoms with Crippen molar-refractivity contribution in [3.05, 3.63) is 59.7 Å². The predicted octanol–water partition coefficient (Wildman–Crippen LogP) is 3.96. The van der Waals surface area contributed by atoms with Gasteiger partial charge in [0.1, 0.15) is 0 Å². The van der Waals surface area contributed by atoms with Crippen LogP contribution in [0, 0.1) is 13.8 Å². The molecule has 15 heavy (non-hydrogen) atoms. The van der Waals surface area contributed by atoms with E-state index in [4.69, 9.17) is 0 Å². The summed E-state index contributed by atoms with van der Waals surface area (Å²) in [7, 11) is 0. The van der Waals surface area contributed by atoms with Gasteiger partial charge in [0.25, 0.3) is 11.5 Å². The maximum atomic E-state index is 4.60. The summed E-state index contributed by atoms with van der Waals surface area (Å²) in [6.45, 7) is 4.22. The third-order valence-electron chi connectivity index (χ3n) is 2.58. The lowest BCUT2D eigenvalue weighted by molar-refractivity contribution is 0.196. The van der Waals surface area contributed by atoms with Crippen LogP contribution in [-0.4, -0.2) is 4.74 Å². The van der Waals surface area contributed by atoms with Crippen LogP contribution in [0.25, 0.3) is 0 Å². The van der Waals surface area contributed by atoms with E-state index in [9.17, 15) is 0 Å². The Labute approximate surface area is 90.3 Å². The standard InChI is InChI=1S/C14H14O/c1-11-7-6-10-14(12(11)2)15-13-8-4-3-5-9-13/h3-10H,1-2H3/p+1. The molecule has 0 radical (unpaired) electrons. The van der Waals surface area contributed by atoms with Gasteiger partial charge in [-0.2, -0.15) is 0 Å². The molecule has 2 aromatic carbocycles. The summed E-state index contributed by atoms with van der Waals surface area (Å²) in [6, 6.07) is 16.2. The van der Waals surface area contributed by atoms with Crippen LogP contribution in [0.15, 0.2) is 48.5 Å². The molecule has 0 amide bonds. The maximum absolute atomic E-state index is 4.60. The van der Waals surface area contributed by atoms with Crippen molar-refractivity contribution in [1.82, 2.24) is 0 Å². The zero-order chi connectivity index (χ0) is 10.7. The van der Waals surface area contributed by atoms with Crippen LogP contribution in [0.4, 0.5) is 0 Å². The van der Waals surface area contributed by atoms with Crippen LogP contribution in [0.1, 0.15) is 11.1 Å². The van der Waals surface area contributed by atoms with E-state index >= 15 is 0 Å². The Balaban J connectivity index is 2.29. The highest BCUT2D eigenvalue weighted by molar-refractivity contribution is 5.40. The van der Waals surface area contributed by atoms with Gasteiger partial charge >= 0.3 is 0 Å². The molecule has 0 aliphatic carbocycles. The van der Waals surface area contributed by atoms with Gasteiger partial charge in [0.15, 0.2) is 0 Å². The Morgan fingerprint density at radius 3 is 2.27 bits per heavy atom. The molecule has 0 bridgehead atoms. The molecule has 0 saturated heterocycles. The van der Waals surface area contributed by atoms with E-state index in [0.29, 0.717) is 0 Å². The third kappa shape index (κ3) is 2.18. The molecule has 76 valence electrons. The quantitative estimate of drug-likeness (QED) is 0.649. The second-order valence-corrected chi connectivity index (χ2v) is 3.67. The largest absolute Gasteiger partial charge is 0.546 e. The highest BCUT2D eigenvalue weighted by Crippen LogP contribution is 2.27. The molecular weight excluding hydrogens is 184 g/mol. The molecule has 2 rings (SSSR count). The molecule has 0 unspecified atom stereocenters. The summed E-state index contributed by atoms with van der Waals surface area (Å²) in [5.74, 6) is 2.06. The fourth-order valence-electron chi connectivity index (χ4n) is 1.50. The molecule has 0 aliphatic heterocycles. The van der Waals surface area contributed by atoms with E-state index < -0.39 is 0 Å². The van der Waals surface area contributed by atoms with Gasteiger partial charge in [-0.1, -0.05) is 30.3 Å². The van der Waals surface area contributed by atoms with Gasteiger partial charge in [0, 0.05) is 23.8 Å². The number of ether oxygens (including phenoxy) is 1. The predicted molar refractivity (Wildman–Crippen MR) is 63.5 cm³/mol. The Hall–Kier alpha value is -1.76. The van der Waals surface area contributed by atoms with Gasteiger partial charge in [-0.3, -0.25) is 0 Å². The first-order valence-corrected chi connectivity index (χ1v) is 5.10. The van der Waals surface area contributed by atoms with Crippen LogP contribution in [0.3, 0.4) is 0 Å². The summed E-state index contributed by atoms with van der Waals surface area (Å²) < 4.78 is 4.60. The van der Waals surface area contributed by atoms with Crippen LogP contribution >= 0.6 is 0 Å². The highest BCUT2D eigenvalue weighted by Gasteiger charge is 2.07. The number of para-hydroxylation sites is 1. The van der Waals surface area contributed by atoms with Crippen molar-refractivity contribution in [3.8, 4) is 11.5 Å². The molecule has 1 nitrogen and oxygen atoms in total. The lowest BCUT2D eigenvalue weighted by Crippen LogP contribution is -1.86. The molecule has 0 heterocycles. The van der Waals surface area contributed by atoms with Crippen molar-refractivity contribution < 1.29 is 4.74 Å². The Kier molecular flexibility index (Phi) is 2.72. The van der Waals surface area contributed by atoms with Crippen molar-refractivity contribution in [2.75, 3.05) is 0 Å². The lowest BCUT2D eigenvalue weighted by atomic mass is 10.1. The van der Waals surface area contributed by atoms with Gasteiger partial charge in [-0.05, 0) is 19.4 Å². The van der Waals surface area contributed by atoms with Crippen molar-refractivity contribution in [3.63, 3.8) is 0 Å². The van der Waals surface area contributed by atoms with E-state index in [1.54, 1.807) is 0 Å². The molecule has 1 heteroatoms. The lowest BCUT2D eigenvalue weighted by Gasteiger charge is -2.06. The third-order valence-corrected chi connectivity index (χ3v) is 2.58. The first-order chi connectivity index (χ1) is 7.27. The van der Waals surface area contributed by atoms with Gasteiger partial charge in [-0.25, -0.2) is 0 Å². The second-order valence-electron chi connectivity index (χ2n) is 3.67. The summed E-state index contributed by atoms with van der Waals surface area (Å²) in [5, 5.41) is 0. The molecule has 0 fully saturated rings. The second kappa shape index (κ2) is 4.18. The minimum Gasteiger partial charge on any atom is -0.546 e. The van der Waals surface area contributed by atoms with Crippen molar-refractivity contribution in [2.24, 2.45) is 0 Å². The van der Waals surface area contributed by atoms with Crippen molar-refractivity contribution >= 4 is 0 Å². The molecule has 0 atom stereocenters. The fourth-order valence-corrected chi connectivity index (χ4v) is 1.50. The number of rotatable bonds is 2. The summed E-state index contributed by atoms with van der Waals surface area (Å²) in [6.07, 6.45) is 0. The van der Waals surface area contributed by atoms with Crippen molar-refractivity contribution in [2.45, 2.75) is 13.8 Å². The maximum Gasteiger partial charge on any atom is 0.263 e. The average Bonchev–Trinajstić information content (AvgIpc) is 2.26. The molecular formula is C14H15O+. The average molecular weight is 199 g/mol. The van der Waals surface area contributed by atoms with Crippen LogP contribution in [-0.2, 0) is 0 Å². The molecule has 0 aliphatic rings. The number of aromatic hydroxyl groups is 2. The SMILES string of the molecule is Cc1cccc([OH+]c2ccccc2)c1C. The molecule has 0 aromatic heterocycles. The normalized spacial score (nSPS) is 10.0. The van der Waals surface area contributed by atoms with E-state index in [0.717, 1.165) is 11.5 Å².